The molecule has 0 saturated heterocycles. The Bertz CT molecular complexity index is 627. The van der Waals surface area contributed by atoms with Gasteiger partial charge in [0.1, 0.15) is 0 Å². The first-order chi connectivity index (χ1) is 10.2. The Hall–Kier alpha value is -2.36. The van der Waals surface area contributed by atoms with Crippen LogP contribution in [-0.2, 0) is 17.8 Å². The van der Waals surface area contributed by atoms with Gasteiger partial charge in [-0.25, -0.2) is 0 Å². The quantitative estimate of drug-likeness (QED) is 0.939. The Balaban J connectivity index is 1.66. The summed E-state index contributed by atoms with van der Waals surface area (Å²) in [5, 5.41) is 3.35. The van der Waals surface area contributed by atoms with Crippen LogP contribution in [0.4, 0.5) is 5.69 Å². The van der Waals surface area contributed by atoms with E-state index in [1.165, 1.54) is 5.56 Å². The fourth-order valence-electron chi connectivity index (χ4n) is 2.77. The number of nitrogens with one attached hydrogen (secondary N) is 1. The van der Waals surface area contributed by atoms with Crippen molar-refractivity contribution in [3.8, 4) is 0 Å². The maximum atomic E-state index is 12.6. The monoisotopic (exact) mass is 281 g/mol. The van der Waals surface area contributed by atoms with Gasteiger partial charge in [-0.3, -0.25) is 9.78 Å². The molecule has 0 saturated carbocycles. The second kappa shape index (κ2) is 5.95. The van der Waals surface area contributed by atoms with E-state index in [1.54, 1.807) is 17.3 Å². The summed E-state index contributed by atoms with van der Waals surface area (Å²) in [7, 11) is 1.86. The van der Waals surface area contributed by atoms with Crippen LogP contribution in [-0.4, -0.2) is 29.4 Å². The number of hydrogen-bond acceptors (Lipinski definition) is 3. The second-order valence-corrected chi connectivity index (χ2v) is 5.49. The van der Waals surface area contributed by atoms with Crippen molar-refractivity contribution in [2.24, 2.45) is 5.92 Å². The standard InChI is InChI=1S/C17H19N3O/c1-20(12-13-6-8-18-9-7-13)17(21)15-10-14-4-2-3-5-16(14)19-11-15/h2-9,15,19H,10-12H2,1H3. The first-order valence-corrected chi connectivity index (χ1v) is 7.19. The van der Waals surface area contributed by atoms with E-state index in [2.05, 4.69) is 22.4 Å². The van der Waals surface area contributed by atoms with E-state index in [0.29, 0.717) is 13.1 Å². The zero-order valence-corrected chi connectivity index (χ0v) is 12.1. The highest BCUT2D eigenvalue weighted by molar-refractivity contribution is 5.80. The van der Waals surface area contributed by atoms with E-state index in [1.807, 2.05) is 31.3 Å². The predicted molar refractivity (Wildman–Crippen MR) is 82.8 cm³/mol. The Morgan fingerprint density at radius 1 is 1.29 bits per heavy atom. The summed E-state index contributed by atoms with van der Waals surface area (Å²) < 4.78 is 0. The molecule has 0 radical (unpaired) electrons. The van der Waals surface area contributed by atoms with Crippen molar-refractivity contribution in [2.45, 2.75) is 13.0 Å². The zero-order valence-electron chi connectivity index (χ0n) is 12.1. The predicted octanol–water partition coefficient (Wildman–Crippen LogP) is 2.32. The molecule has 1 aromatic heterocycles. The Kier molecular flexibility index (Phi) is 3.86. The number of fused-ring (bicyclic) bond motifs is 1. The molecule has 2 heterocycles. The largest absolute Gasteiger partial charge is 0.384 e. The van der Waals surface area contributed by atoms with Gasteiger partial charge in [0.2, 0.25) is 5.91 Å². The van der Waals surface area contributed by atoms with Gasteiger partial charge in [0, 0.05) is 38.2 Å². The van der Waals surface area contributed by atoms with Crippen LogP contribution in [0.5, 0.6) is 0 Å². The van der Waals surface area contributed by atoms with Crippen LogP contribution in [0.2, 0.25) is 0 Å². The summed E-state index contributed by atoms with van der Waals surface area (Å²) in [5.41, 5.74) is 3.47. The van der Waals surface area contributed by atoms with Gasteiger partial charge in [0.15, 0.2) is 0 Å². The van der Waals surface area contributed by atoms with Crippen molar-refractivity contribution in [3.63, 3.8) is 0 Å². The second-order valence-electron chi connectivity index (χ2n) is 5.49. The van der Waals surface area contributed by atoms with Crippen LogP contribution in [0.1, 0.15) is 11.1 Å². The van der Waals surface area contributed by atoms with Gasteiger partial charge in [0.05, 0.1) is 5.92 Å². The molecule has 1 aromatic carbocycles. The molecule has 1 atom stereocenters. The SMILES string of the molecule is CN(Cc1ccncc1)C(=O)C1CNc2ccccc2C1. The molecule has 21 heavy (non-hydrogen) atoms. The highest BCUT2D eigenvalue weighted by Crippen LogP contribution is 2.25. The number of nitrogens with zero attached hydrogens (tertiary/aromatic N) is 2. The molecule has 1 aliphatic heterocycles. The molecule has 108 valence electrons. The molecule has 1 aliphatic rings. The normalized spacial score (nSPS) is 16.7. The molecular formula is C17H19N3O. The molecule has 2 aromatic rings. The van der Waals surface area contributed by atoms with E-state index in [9.17, 15) is 4.79 Å². The molecule has 1 unspecified atom stereocenters. The van der Waals surface area contributed by atoms with Gasteiger partial charge < -0.3 is 10.2 Å². The average Bonchev–Trinajstić information content (AvgIpc) is 2.54. The summed E-state index contributed by atoms with van der Waals surface area (Å²) in [6.45, 7) is 1.33. The number of aromatic nitrogens is 1. The van der Waals surface area contributed by atoms with Gasteiger partial charge in [-0.2, -0.15) is 0 Å². The first kappa shape index (κ1) is 13.6. The smallest absolute Gasteiger partial charge is 0.227 e. The van der Waals surface area contributed by atoms with Crippen LogP contribution < -0.4 is 5.32 Å². The van der Waals surface area contributed by atoms with Crippen molar-refractivity contribution >= 4 is 11.6 Å². The van der Waals surface area contributed by atoms with Crippen molar-refractivity contribution < 1.29 is 4.79 Å². The topological polar surface area (TPSA) is 45.2 Å². The van der Waals surface area contributed by atoms with Crippen LogP contribution in [0.25, 0.3) is 0 Å². The summed E-state index contributed by atoms with van der Waals surface area (Å²) in [5.74, 6) is 0.195. The molecule has 1 N–H and O–H groups in total. The number of para-hydroxylation sites is 1. The minimum Gasteiger partial charge on any atom is -0.384 e. The number of benzene rings is 1. The molecule has 0 fully saturated rings. The fraction of sp³-hybridized carbons (Fsp3) is 0.294. The molecule has 0 spiro atoms. The summed E-state index contributed by atoms with van der Waals surface area (Å²) in [6, 6.07) is 12.1. The number of amides is 1. The number of anilines is 1. The zero-order chi connectivity index (χ0) is 14.7. The van der Waals surface area contributed by atoms with E-state index in [-0.39, 0.29) is 11.8 Å². The van der Waals surface area contributed by atoms with E-state index < -0.39 is 0 Å². The maximum absolute atomic E-state index is 12.6. The van der Waals surface area contributed by atoms with Crippen molar-refractivity contribution in [3.05, 3.63) is 59.9 Å². The molecule has 3 rings (SSSR count). The van der Waals surface area contributed by atoms with Crippen molar-refractivity contribution in [1.29, 1.82) is 0 Å². The van der Waals surface area contributed by atoms with Gasteiger partial charge in [-0.15, -0.1) is 0 Å². The third-order valence-electron chi connectivity index (χ3n) is 3.92. The number of rotatable bonds is 3. The lowest BCUT2D eigenvalue weighted by atomic mass is 9.93. The lowest BCUT2D eigenvalue weighted by Crippen LogP contribution is -2.39. The average molecular weight is 281 g/mol. The van der Waals surface area contributed by atoms with E-state index in [4.69, 9.17) is 0 Å². The van der Waals surface area contributed by atoms with Crippen molar-refractivity contribution in [2.75, 3.05) is 18.9 Å². The maximum Gasteiger partial charge on any atom is 0.227 e. The van der Waals surface area contributed by atoms with Crippen LogP contribution >= 0.6 is 0 Å². The van der Waals surface area contributed by atoms with E-state index in [0.717, 1.165) is 17.7 Å². The Morgan fingerprint density at radius 2 is 2.05 bits per heavy atom. The minimum absolute atomic E-state index is 0.00624. The van der Waals surface area contributed by atoms with Crippen molar-refractivity contribution in [1.82, 2.24) is 9.88 Å². The molecule has 0 bridgehead atoms. The van der Waals surface area contributed by atoms with Crippen LogP contribution in [0.3, 0.4) is 0 Å². The van der Waals surface area contributed by atoms with Crippen LogP contribution in [0, 0.1) is 5.92 Å². The highest BCUT2D eigenvalue weighted by atomic mass is 16.2. The fourth-order valence-corrected chi connectivity index (χ4v) is 2.77. The van der Waals surface area contributed by atoms with Crippen LogP contribution in [0.15, 0.2) is 48.8 Å². The minimum atomic E-state index is 0.00624. The molecular weight excluding hydrogens is 262 g/mol. The lowest BCUT2D eigenvalue weighted by Gasteiger charge is -2.29. The van der Waals surface area contributed by atoms with Gasteiger partial charge in [-0.1, -0.05) is 18.2 Å². The third kappa shape index (κ3) is 3.05. The number of pyridine rings is 1. The molecule has 4 nitrogen and oxygen atoms in total. The molecule has 1 amide bonds. The molecule has 4 heteroatoms. The number of hydrogen-bond donors (Lipinski definition) is 1. The molecule has 0 aliphatic carbocycles. The first-order valence-electron chi connectivity index (χ1n) is 7.19. The summed E-state index contributed by atoms with van der Waals surface area (Å²) >= 11 is 0. The van der Waals surface area contributed by atoms with Gasteiger partial charge in [0.25, 0.3) is 0 Å². The summed E-state index contributed by atoms with van der Waals surface area (Å²) in [4.78, 5) is 18.4. The van der Waals surface area contributed by atoms with Gasteiger partial charge in [-0.05, 0) is 35.7 Å². The number of carbonyl (C=O) groups is 1. The Morgan fingerprint density at radius 3 is 2.86 bits per heavy atom. The Labute approximate surface area is 124 Å². The van der Waals surface area contributed by atoms with Gasteiger partial charge >= 0.3 is 0 Å². The summed E-state index contributed by atoms with van der Waals surface area (Å²) in [6.07, 6.45) is 4.32. The highest BCUT2D eigenvalue weighted by Gasteiger charge is 2.26. The third-order valence-corrected chi connectivity index (χ3v) is 3.92. The lowest BCUT2D eigenvalue weighted by molar-refractivity contribution is -0.134. The number of carbonyl (C=O) groups excluding carboxylic acids is 1. The van der Waals surface area contributed by atoms with E-state index >= 15 is 0 Å².